The lowest BCUT2D eigenvalue weighted by molar-refractivity contribution is -0.116. The predicted octanol–water partition coefficient (Wildman–Crippen LogP) is 2.76. The van der Waals surface area contributed by atoms with Gasteiger partial charge in [-0.1, -0.05) is 12.1 Å². The number of aryl methyl sites for hydroxylation is 1. The van der Waals surface area contributed by atoms with Crippen molar-refractivity contribution in [2.24, 2.45) is 0 Å². The number of hydrogen-bond acceptors (Lipinski definition) is 4. The lowest BCUT2D eigenvalue weighted by Crippen LogP contribution is -2.19. The number of nitrogens with one attached hydrogen (secondary N) is 2. The maximum absolute atomic E-state index is 11.8. The van der Waals surface area contributed by atoms with Crippen molar-refractivity contribution >= 4 is 39.0 Å². The van der Waals surface area contributed by atoms with E-state index in [0.29, 0.717) is 12.2 Å². The average Bonchev–Trinajstić information content (AvgIpc) is 2.88. The number of amides is 1. The monoisotopic (exact) mass is 350 g/mol. The molecule has 0 saturated carbocycles. The molecule has 1 amide bonds. The van der Waals surface area contributed by atoms with Gasteiger partial charge in [-0.05, 0) is 47.7 Å². The normalized spacial score (nSPS) is 11.6. The van der Waals surface area contributed by atoms with E-state index in [-0.39, 0.29) is 5.91 Å². The largest absolute Gasteiger partial charge is 0.348 e. The van der Waals surface area contributed by atoms with Gasteiger partial charge in [-0.3, -0.25) is 9.52 Å². The standard InChI is InChI=1S/C16H18N2O3S2/c1-12-9-10-22-15(12)11-17-16(19)8-5-13-3-6-14(7-4-13)18-23(2,20)21/h3-10,18H,11H2,1-2H3,(H,17,19)/b8-5+. The molecule has 0 bridgehead atoms. The smallest absolute Gasteiger partial charge is 0.244 e. The van der Waals surface area contributed by atoms with Gasteiger partial charge >= 0.3 is 0 Å². The van der Waals surface area contributed by atoms with E-state index in [1.807, 2.05) is 18.4 Å². The summed E-state index contributed by atoms with van der Waals surface area (Å²) in [5, 5.41) is 4.83. The third kappa shape index (κ3) is 5.88. The Balaban J connectivity index is 1.89. The van der Waals surface area contributed by atoms with Crippen LogP contribution in [0.4, 0.5) is 5.69 Å². The molecule has 0 fully saturated rings. The van der Waals surface area contributed by atoms with Crippen molar-refractivity contribution < 1.29 is 13.2 Å². The molecule has 0 saturated heterocycles. The summed E-state index contributed by atoms with van der Waals surface area (Å²) in [5.41, 5.74) is 2.47. The van der Waals surface area contributed by atoms with Gasteiger partial charge in [0.2, 0.25) is 15.9 Å². The summed E-state index contributed by atoms with van der Waals surface area (Å²) in [7, 11) is -3.28. The Morgan fingerprint density at radius 3 is 2.48 bits per heavy atom. The molecule has 1 heterocycles. The van der Waals surface area contributed by atoms with Crippen molar-refractivity contribution in [1.82, 2.24) is 5.32 Å². The lowest BCUT2D eigenvalue weighted by atomic mass is 10.2. The Morgan fingerprint density at radius 2 is 1.91 bits per heavy atom. The number of carbonyl (C=O) groups excluding carboxylic acids is 1. The minimum Gasteiger partial charge on any atom is -0.348 e. The molecule has 7 heteroatoms. The zero-order valence-corrected chi connectivity index (χ0v) is 14.5. The number of hydrogen-bond donors (Lipinski definition) is 2. The average molecular weight is 350 g/mol. The van der Waals surface area contributed by atoms with Crippen molar-refractivity contribution in [2.45, 2.75) is 13.5 Å². The van der Waals surface area contributed by atoms with E-state index in [9.17, 15) is 13.2 Å². The molecule has 0 aliphatic heterocycles. The fourth-order valence-electron chi connectivity index (χ4n) is 1.86. The summed E-state index contributed by atoms with van der Waals surface area (Å²) in [5.74, 6) is -0.170. The van der Waals surface area contributed by atoms with Crippen LogP contribution in [-0.4, -0.2) is 20.6 Å². The Morgan fingerprint density at radius 1 is 1.22 bits per heavy atom. The van der Waals surface area contributed by atoms with E-state index in [0.717, 1.165) is 16.7 Å². The first kappa shape index (κ1) is 17.2. The summed E-state index contributed by atoms with van der Waals surface area (Å²) in [6, 6.07) is 8.79. The first-order valence-corrected chi connectivity index (χ1v) is 9.67. The van der Waals surface area contributed by atoms with Crippen molar-refractivity contribution in [1.29, 1.82) is 0 Å². The fraction of sp³-hybridized carbons (Fsp3) is 0.188. The molecule has 2 aromatic rings. The van der Waals surface area contributed by atoms with E-state index in [1.165, 1.54) is 11.6 Å². The first-order chi connectivity index (χ1) is 10.8. The molecular weight excluding hydrogens is 332 g/mol. The van der Waals surface area contributed by atoms with Gasteiger partial charge in [0.1, 0.15) is 0 Å². The lowest BCUT2D eigenvalue weighted by Gasteiger charge is -2.03. The van der Waals surface area contributed by atoms with Gasteiger partial charge in [0, 0.05) is 16.6 Å². The Bertz CT molecular complexity index is 806. The zero-order chi connectivity index (χ0) is 16.9. The topological polar surface area (TPSA) is 75.3 Å². The van der Waals surface area contributed by atoms with Crippen molar-refractivity contribution in [3.63, 3.8) is 0 Å². The van der Waals surface area contributed by atoms with Crippen LogP contribution in [-0.2, 0) is 21.4 Å². The molecule has 0 aliphatic rings. The van der Waals surface area contributed by atoms with E-state index < -0.39 is 10.0 Å². The predicted molar refractivity (Wildman–Crippen MR) is 94.8 cm³/mol. The number of carbonyl (C=O) groups is 1. The summed E-state index contributed by atoms with van der Waals surface area (Å²) in [6.45, 7) is 2.53. The van der Waals surface area contributed by atoms with Crippen molar-refractivity contribution in [3.8, 4) is 0 Å². The van der Waals surface area contributed by atoms with Crippen molar-refractivity contribution in [3.05, 3.63) is 57.8 Å². The summed E-state index contributed by atoms with van der Waals surface area (Å²) in [6.07, 6.45) is 4.24. The highest BCUT2D eigenvalue weighted by Gasteiger charge is 2.02. The molecule has 5 nitrogen and oxygen atoms in total. The van der Waals surface area contributed by atoms with Gasteiger partial charge in [0.15, 0.2) is 0 Å². The van der Waals surface area contributed by atoms with Crippen LogP contribution in [0.3, 0.4) is 0 Å². The second-order valence-corrected chi connectivity index (χ2v) is 7.82. The first-order valence-electron chi connectivity index (χ1n) is 6.90. The maximum Gasteiger partial charge on any atom is 0.244 e. The van der Waals surface area contributed by atoms with Crippen LogP contribution in [0.5, 0.6) is 0 Å². The Labute approximate surface area is 140 Å². The van der Waals surface area contributed by atoms with Crippen LogP contribution in [0.25, 0.3) is 6.08 Å². The Kier molecular flexibility index (Phi) is 5.57. The van der Waals surface area contributed by atoms with Gasteiger partial charge in [0.25, 0.3) is 0 Å². The van der Waals surface area contributed by atoms with Gasteiger partial charge in [-0.2, -0.15) is 0 Å². The van der Waals surface area contributed by atoms with Gasteiger partial charge in [-0.15, -0.1) is 11.3 Å². The van der Waals surface area contributed by atoms with Gasteiger partial charge in [-0.25, -0.2) is 8.42 Å². The van der Waals surface area contributed by atoms with Crippen LogP contribution in [0.1, 0.15) is 16.0 Å². The highest BCUT2D eigenvalue weighted by Crippen LogP contribution is 2.15. The number of anilines is 1. The molecule has 1 aromatic heterocycles. The number of rotatable bonds is 6. The van der Waals surface area contributed by atoms with Gasteiger partial charge in [0.05, 0.1) is 12.8 Å². The van der Waals surface area contributed by atoms with E-state index >= 15 is 0 Å². The molecule has 0 unspecified atom stereocenters. The maximum atomic E-state index is 11.8. The quantitative estimate of drug-likeness (QED) is 0.787. The number of thiophene rings is 1. The van der Waals surface area contributed by atoms with Crippen LogP contribution < -0.4 is 10.0 Å². The third-order valence-corrected chi connectivity index (χ3v) is 4.66. The minimum absolute atomic E-state index is 0.170. The molecular formula is C16H18N2O3S2. The second-order valence-electron chi connectivity index (χ2n) is 5.07. The molecule has 0 radical (unpaired) electrons. The highest BCUT2D eigenvalue weighted by atomic mass is 32.2. The molecule has 0 aliphatic carbocycles. The molecule has 0 atom stereocenters. The third-order valence-electron chi connectivity index (χ3n) is 3.03. The van der Waals surface area contributed by atoms with Gasteiger partial charge < -0.3 is 5.32 Å². The summed E-state index contributed by atoms with van der Waals surface area (Å²) in [4.78, 5) is 12.9. The summed E-state index contributed by atoms with van der Waals surface area (Å²) < 4.78 is 24.6. The SMILES string of the molecule is Cc1ccsc1CNC(=O)/C=C/c1ccc(NS(C)(=O)=O)cc1. The van der Waals surface area contributed by atoms with Crippen LogP contribution >= 0.6 is 11.3 Å². The minimum atomic E-state index is -3.28. The van der Waals surface area contributed by atoms with Crippen LogP contribution in [0.15, 0.2) is 41.8 Å². The number of benzene rings is 1. The molecule has 0 spiro atoms. The molecule has 122 valence electrons. The second kappa shape index (κ2) is 7.43. The molecule has 2 rings (SSSR count). The zero-order valence-electron chi connectivity index (χ0n) is 12.9. The Hall–Kier alpha value is -2.12. The fourth-order valence-corrected chi connectivity index (χ4v) is 3.27. The molecule has 1 aromatic carbocycles. The number of sulfonamides is 1. The van der Waals surface area contributed by atoms with Crippen LogP contribution in [0.2, 0.25) is 0 Å². The van der Waals surface area contributed by atoms with E-state index in [4.69, 9.17) is 0 Å². The molecule has 2 N–H and O–H groups in total. The summed E-state index contributed by atoms with van der Waals surface area (Å²) >= 11 is 1.62. The molecule has 23 heavy (non-hydrogen) atoms. The van der Waals surface area contributed by atoms with E-state index in [2.05, 4.69) is 10.0 Å². The highest BCUT2D eigenvalue weighted by molar-refractivity contribution is 7.92. The van der Waals surface area contributed by atoms with Crippen molar-refractivity contribution in [2.75, 3.05) is 11.0 Å². The van der Waals surface area contributed by atoms with Crippen LogP contribution in [0, 0.1) is 6.92 Å². The van der Waals surface area contributed by atoms with E-state index in [1.54, 1.807) is 41.7 Å².